The Hall–Kier alpha value is -7.30. The van der Waals surface area contributed by atoms with Gasteiger partial charge < -0.3 is 18.6 Å². The average Bonchev–Trinajstić information content (AvgIpc) is 3.85. The van der Waals surface area contributed by atoms with E-state index in [9.17, 15) is 0 Å². The van der Waals surface area contributed by atoms with Gasteiger partial charge in [-0.25, -0.2) is 0 Å². The normalized spacial score (nSPS) is 12.2. The van der Waals surface area contributed by atoms with Gasteiger partial charge in [-0.2, -0.15) is 0 Å². The summed E-state index contributed by atoms with van der Waals surface area (Å²) in [6, 6.07) is 62.8. The van der Waals surface area contributed by atoms with Crippen LogP contribution in [-0.4, -0.2) is 0 Å². The number of benzene rings is 9. The van der Waals surface area contributed by atoms with Crippen LogP contribution in [0.3, 0.4) is 0 Å². The number of nitrogens with zero attached hydrogens (tertiary/aromatic N) is 2. The lowest BCUT2D eigenvalue weighted by Gasteiger charge is -2.26. The number of hydrogen-bond acceptors (Lipinski definition) is 4. The highest BCUT2D eigenvalue weighted by Gasteiger charge is 2.19. The molecule has 0 N–H and O–H groups in total. The predicted octanol–water partition coefficient (Wildman–Crippen LogP) is 19.2. The van der Waals surface area contributed by atoms with Crippen LogP contribution in [0.25, 0.3) is 65.4 Å². The minimum absolute atomic E-state index is 0.468. The molecule has 0 radical (unpaired) electrons. The van der Waals surface area contributed by atoms with Gasteiger partial charge in [-0.15, -0.1) is 0 Å². The molecule has 0 amide bonds. The molecule has 326 valence electrons. The van der Waals surface area contributed by atoms with Gasteiger partial charge in [0.15, 0.2) is 0 Å². The molecule has 66 heavy (non-hydrogen) atoms. The van der Waals surface area contributed by atoms with E-state index in [0.29, 0.717) is 23.7 Å². The molecule has 4 nitrogen and oxygen atoms in total. The Labute approximate surface area is 387 Å². The van der Waals surface area contributed by atoms with Crippen LogP contribution in [-0.2, 0) is 0 Å². The van der Waals surface area contributed by atoms with Crippen molar-refractivity contribution in [1.82, 2.24) is 0 Å². The summed E-state index contributed by atoms with van der Waals surface area (Å²) in [6.07, 6.45) is 0. The molecule has 11 rings (SSSR count). The molecule has 0 aliphatic heterocycles. The molecule has 0 spiro atoms. The van der Waals surface area contributed by atoms with Gasteiger partial charge in [-0.1, -0.05) is 116 Å². The third kappa shape index (κ3) is 7.35. The van der Waals surface area contributed by atoms with E-state index in [-0.39, 0.29) is 0 Å². The molecule has 2 heterocycles. The van der Waals surface area contributed by atoms with Gasteiger partial charge in [-0.3, -0.25) is 0 Å². The second kappa shape index (κ2) is 16.3. The Morgan fingerprint density at radius 1 is 0.258 bits per heavy atom. The molecular weight excluding hydrogens is 805 g/mol. The Morgan fingerprint density at radius 2 is 0.530 bits per heavy atom. The summed E-state index contributed by atoms with van der Waals surface area (Å²) in [5.74, 6) is 1.87. The van der Waals surface area contributed by atoms with E-state index < -0.39 is 0 Å². The molecule has 4 heteroatoms. The largest absolute Gasteiger partial charge is 0.456 e. The molecule has 0 unspecified atom stereocenters. The monoisotopic (exact) mass is 860 g/mol. The van der Waals surface area contributed by atoms with Gasteiger partial charge in [0.1, 0.15) is 22.3 Å². The number of hydrogen-bond donors (Lipinski definition) is 0. The molecule has 0 bridgehead atoms. The molecule has 11 aromatic rings. The first kappa shape index (κ1) is 41.4. The third-order valence-corrected chi connectivity index (χ3v) is 13.7. The molecular formula is C62H56N2O2. The summed E-state index contributed by atoms with van der Waals surface area (Å²) in [5.41, 5.74) is 15.4. The maximum Gasteiger partial charge on any atom is 0.139 e. The molecule has 2 aromatic heterocycles. The molecule has 0 aliphatic rings. The summed E-state index contributed by atoms with van der Waals surface area (Å²) >= 11 is 0. The van der Waals surface area contributed by atoms with Gasteiger partial charge >= 0.3 is 0 Å². The smallest absolute Gasteiger partial charge is 0.139 e. The fourth-order valence-corrected chi connectivity index (χ4v) is 9.71. The maximum absolute atomic E-state index is 6.67. The fourth-order valence-electron chi connectivity index (χ4n) is 9.71. The summed E-state index contributed by atoms with van der Waals surface area (Å²) < 4.78 is 13.3. The number of rotatable bonds is 10. The first-order chi connectivity index (χ1) is 31.9. The Morgan fingerprint density at radius 3 is 0.833 bits per heavy atom. The standard InChI is InChI=1S/C62H56N2O2/c1-37(2)41-9-19-49(20-10-41)63(50-21-11-42(12-22-50)38(3)4)53-27-17-45-31-55-57-35-58-56-32-46-18-28-54(30-48(46)34-60(56)66-62(58)36-61(57)65-59(55)33-47(45)29-53)64(51-23-13-43(14-24-51)39(5)6)52-25-15-44(16-26-52)40(7)8/h9-40H,1-8H3. The first-order valence-corrected chi connectivity index (χ1v) is 23.7. The SMILES string of the molecule is CC(C)c1ccc(N(c2ccc(C(C)C)cc2)c2ccc3cc4c(cc3c2)oc2cc3oc5cc6cc(N(c7ccc(C(C)C)cc7)c7ccc(C(C)C)cc7)ccc6cc5c3cc24)cc1. The lowest BCUT2D eigenvalue weighted by atomic mass is 10.0. The minimum Gasteiger partial charge on any atom is -0.456 e. The third-order valence-electron chi connectivity index (χ3n) is 13.7. The van der Waals surface area contributed by atoms with Crippen LogP contribution in [0.4, 0.5) is 34.1 Å². The first-order valence-electron chi connectivity index (χ1n) is 23.7. The molecule has 0 fully saturated rings. The van der Waals surface area contributed by atoms with E-state index in [0.717, 1.165) is 88.8 Å². The lowest BCUT2D eigenvalue weighted by Crippen LogP contribution is -2.10. The van der Waals surface area contributed by atoms with Crippen LogP contribution in [0.5, 0.6) is 0 Å². The van der Waals surface area contributed by atoms with Crippen LogP contribution in [0.15, 0.2) is 179 Å². The molecule has 0 saturated heterocycles. The number of anilines is 6. The van der Waals surface area contributed by atoms with E-state index in [1.165, 1.54) is 33.0 Å². The molecule has 0 atom stereocenters. The highest BCUT2D eigenvalue weighted by atomic mass is 16.3. The van der Waals surface area contributed by atoms with Crippen molar-refractivity contribution in [3.8, 4) is 0 Å². The van der Waals surface area contributed by atoms with Crippen molar-refractivity contribution >= 4 is 99.5 Å². The van der Waals surface area contributed by atoms with Crippen molar-refractivity contribution in [1.29, 1.82) is 0 Å². The van der Waals surface area contributed by atoms with Gasteiger partial charge in [0.25, 0.3) is 0 Å². The van der Waals surface area contributed by atoms with Crippen LogP contribution >= 0.6 is 0 Å². The van der Waals surface area contributed by atoms with Crippen molar-refractivity contribution in [2.24, 2.45) is 0 Å². The Kier molecular flexibility index (Phi) is 10.2. The van der Waals surface area contributed by atoms with E-state index >= 15 is 0 Å². The summed E-state index contributed by atoms with van der Waals surface area (Å²) in [4.78, 5) is 4.71. The summed E-state index contributed by atoms with van der Waals surface area (Å²) in [7, 11) is 0. The second-order valence-corrected chi connectivity index (χ2v) is 19.5. The Bertz CT molecular complexity index is 3230. The van der Waals surface area contributed by atoms with Gasteiger partial charge in [0.2, 0.25) is 0 Å². The van der Waals surface area contributed by atoms with Gasteiger partial charge in [0, 0.05) is 61.7 Å². The average molecular weight is 861 g/mol. The zero-order chi connectivity index (χ0) is 45.4. The highest BCUT2D eigenvalue weighted by Crippen LogP contribution is 2.43. The highest BCUT2D eigenvalue weighted by molar-refractivity contribution is 6.18. The van der Waals surface area contributed by atoms with E-state index in [4.69, 9.17) is 8.83 Å². The van der Waals surface area contributed by atoms with Crippen molar-refractivity contribution in [2.75, 3.05) is 9.80 Å². The van der Waals surface area contributed by atoms with Crippen LogP contribution < -0.4 is 9.80 Å². The predicted molar refractivity (Wildman–Crippen MR) is 282 cm³/mol. The fraction of sp³-hybridized carbons (Fsp3) is 0.194. The van der Waals surface area contributed by atoms with E-state index in [1.54, 1.807) is 0 Å². The second-order valence-electron chi connectivity index (χ2n) is 19.5. The minimum atomic E-state index is 0.468. The topological polar surface area (TPSA) is 32.8 Å². The summed E-state index contributed by atoms with van der Waals surface area (Å²) in [5, 5.41) is 8.95. The molecule has 9 aromatic carbocycles. The van der Waals surface area contributed by atoms with Crippen molar-refractivity contribution < 1.29 is 8.83 Å². The zero-order valence-electron chi connectivity index (χ0n) is 39.2. The molecule has 0 aliphatic carbocycles. The van der Waals surface area contributed by atoms with Crippen molar-refractivity contribution in [3.05, 3.63) is 192 Å². The number of fused-ring (bicyclic) bond motifs is 8. The summed E-state index contributed by atoms with van der Waals surface area (Å²) in [6.45, 7) is 17.9. The molecule has 0 saturated carbocycles. The zero-order valence-corrected chi connectivity index (χ0v) is 39.2. The van der Waals surface area contributed by atoms with Crippen molar-refractivity contribution in [2.45, 2.75) is 79.1 Å². The van der Waals surface area contributed by atoms with Crippen molar-refractivity contribution in [3.63, 3.8) is 0 Å². The van der Waals surface area contributed by atoms with E-state index in [2.05, 4.69) is 235 Å². The Balaban J connectivity index is 0.974. The van der Waals surface area contributed by atoms with Crippen LogP contribution in [0.2, 0.25) is 0 Å². The van der Waals surface area contributed by atoms with Gasteiger partial charge in [0.05, 0.1) is 0 Å². The van der Waals surface area contributed by atoms with E-state index in [1.807, 2.05) is 0 Å². The van der Waals surface area contributed by atoms with Crippen LogP contribution in [0.1, 0.15) is 101 Å². The van der Waals surface area contributed by atoms with Gasteiger partial charge in [-0.05, 0) is 171 Å². The lowest BCUT2D eigenvalue weighted by molar-refractivity contribution is 0.656. The quantitative estimate of drug-likeness (QED) is 0.137. The number of furan rings is 2. The maximum atomic E-state index is 6.67. The van der Waals surface area contributed by atoms with Crippen LogP contribution in [0, 0.1) is 0 Å².